The zero-order valence-electron chi connectivity index (χ0n) is 20.0. The lowest BCUT2D eigenvalue weighted by Gasteiger charge is -2.38. The van der Waals surface area contributed by atoms with Gasteiger partial charge in [0, 0.05) is 35.7 Å². The molecule has 1 unspecified atom stereocenters. The van der Waals surface area contributed by atoms with Crippen molar-refractivity contribution >= 4 is 28.8 Å². The van der Waals surface area contributed by atoms with Gasteiger partial charge in [0.25, 0.3) is 11.6 Å². The van der Waals surface area contributed by atoms with Crippen molar-refractivity contribution in [3.8, 4) is 0 Å². The number of nitrogens with zero attached hydrogens (tertiary/aromatic N) is 3. The molecule has 3 aromatic rings. The van der Waals surface area contributed by atoms with E-state index < -0.39 is 4.92 Å². The topological polar surface area (TPSA) is 83.8 Å². The summed E-state index contributed by atoms with van der Waals surface area (Å²) in [6, 6.07) is 15.7. The van der Waals surface area contributed by atoms with Crippen LogP contribution in [0.2, 0.25) is 0 Å². The third-order valence-corrected chi connectivity index (χ3v) is 7.46. The lowest BCUT2D eigenvalue weighted by Crippen LogP contribution is -2.47. The first-order valence-electron chi connectivity index (χ1n) is 11.9. The predicted octanol–water partition coefficient (Wildman–Crippen LogP) is 5.38. The van der Waals surface area contributed by atoms with Crippen LogP contribution in [0.5, 0.6) is 0 Å². The number of fused-ring (bicyclic) bond motifs is 1. The molecule has 182 valence electrons. The van der Waals surface area contributed by atoms with E-state index in [2.05, 4.69) is 30.5 Å². The van der Waals surface area contributed by atoms with E-state index in [1.165, 1.54) is 28.0 Å². The Hall–Kier alpha value is -3.52. The minimum absolute atomic E-state index is 0.0661. The highest BCUT2D eigenvalue weighted by molar-refractivity contribution is 7.10. The summed E-state index contributed by atoms with van der Waals surface area (Å²) >= 11 is 1.72. The van der Waals surface area contributed by atoms with Gasteiger partial charge in [-0.15, -0.1) is 11.3 Å². The second-order valence-corrected chi connectivity index (χ2v) is 9.78. The smallest absolute Gasteiger partial charge is 0.270 e. The second-order valence-electron chi connectivity index (χ2n) is 8.78. The number of non-ortho nitro benzene ring substituents is 1. The second kappa shape index (κ2) is 10.8. The number of carbonyl (C=O) groups excluding carboxylic acids is 2. The van der Waals surface area contributed by atoms with E-state index in [0.717, 1.165) is 36.0 Å². The van der Waals surface area contributed by atoms with Gasteiger partial charge in [-0.05, 0) is 54.0 Å². The van der Waals surface area contributed by atoms with Crippen LogP contribution >= 0.6 is 11.3 Å². The number of nitro groups is 1. The van der Waals surface area contributed by atoms with E-state index >= 15 is 0 Å². The lowest BCUT2D eigenvalue weighted by atomic mass is 9.90. The average molecular weight is 492 g/mol. The Bertz CT molecular complexity index is 1240. The van der Waals surface area contributed by atoms with Gasteiger partial charge >= 0.3 is 0 Å². The fraction of sp³-hybridized carbons (Fsp3) is 0.333. The Balaban J connectivity index is 1.63. The van der Waals surface area contributed by atoms with Crippen LogP contribution in [-0.4, -0.2) is 46.2 Å². The van der Waals surface area contributed by atoms with Crippen molar-refractivity contribution in [3.05, 3.63) is 97.2 Å². The number of nitro benzene ring substituents is 1. The van der Waals surface area contributed by atoms with Crippen LogP contribution < -0.4 is 0 Å². The zero-order valence-corrected chi connectivity index (χ0v) is 20.8. The van der Waals surface area contributed by atoms with Gasteiger partial charge in [0.05, 0.1) is 11.0 Å². The van der Waals surface area contributed by atoms with Crippen LogP contribution in [0, 0.1) is 17.0 Å². The summed E-state index contributed by atoms with van der Waals surface area (Å²) in [7, 11) is 0. The number of amides is 2. The van der Waals surface area contributed by atoms with Crippen molar-refractivity contribution in [1.82, 2.24) is 9.80 Å². The first kappa shape index (κ1) is 24.6. The van der Waals surface area contributed by atoms with E-state index in [4.69, 9.17) is 0 Å². The minimum Gasteiger partial charge on any atom is -0.330 e. The Labute approximate surface area is 209 Å². The molecule has 8 heteroatoms. The van der Waals surface area contributed by atoms with E-state index in [1.807, 2.05) is 24.0 Å². The number of hydrogen-bond donors (Lipinski definition) is 0. The molecule has 0 aliphatic carbocycles. The molecule has 0 N–H and O–H groups in total. The van der Waals surface area contributed by atoms with Crippen molar-refractivity contribution in [2.45, 2.75) is 39.2 Å². The maximum absolute atomic E-state index is 13.7. The molecule has 1 aliphatic heterocycles. The molecule has 0 saturated carbocycles. The molecule has 0 saturated heterocycles. The number of rotatable bonds is 8. The normalized spacial score (nSPS) is 14.9. The van der Waals surface area contributed by atoms with Crippen LogP contribution in [0.1, 0.15) is 57.7 Å². The Morgan fingerprint density at radius 1 is 1.14 bits per heavy atom. The third kappa shape index (κ3) is 5.27. The van der Waals surface area contributed by atoms with Crippen LogP contribution in [0.15, 0.2) is 60.0 Å². The molecule has 0 spiro atoms. The van der Waals surface area contributed by atoms with Crippen molar-refractivity contribution < 1.29 is 14.5 Å². The molecule has 1 aromatic heterocycles. The standard InChI is InChI=1S/C27H29N3O4S/c1-3-4-14-28(27(32)20-9-7-10-21(17-20)30(33)34)18-25(31)29-15-12-24-23(13-16-35-24)26(29)22-11-6-5-8-19(22)2/h5-11,13,16-17,26H,3-4,12,14-15,18H2,1-2H3. The first-order chi connectivity index (χ1) is 16.9. The number of carbonyl (C=O) groups is 2. The van der Waals surface area contributed by atoms with E-state index in [0.29, 0.717) is 13.1 Å². The van der Waals surface area contributed by atoms with Gasteiger partial charge in [0.1, 0.15) is 6.54 Å². The highest BCUT2D eigenvalue weighted by Crippen LogP contribution is 2.39. The lowest BCUT2D eigenvalue weighted by molar-refractivity contribution is -0.384. The van der Waals surface area contributed by atoms with Crippen LogP contribution in [0.25, 0.3) is 0 Å². The molecule has 35 heavy (non-hydrogen) atoms. The van der Waals surface area contributed by atoms with Crippen LogP contribution in [-0.2, 0) is 11.2 Å². The summed E-state index contributed by atoms with van der Waals surface area (Å²) in [4.78, 5) is 42.5. The van der Waals surface area contributed by atoms with Gasteiger partial charge in [-0.1, -0.05) is 43.7 Å². The van der Waals surface area contributed by atoms with Gasteiger partial charge in [-0.3, -0.25) is 19.7 Å². The van der Waals surface area contributed by atoms with Crippen LogP contribution in [0.4, 0.5) is 5.69 Å². The molecule has 4 rings (SSSR count). The van der Waals surface area contributed by atoms with Gasteiger partial charge < -0.3 is 9.80 Å². The fourth-order valence-corrected chi connectivity index (χ4v) is 5.51. The number of aryl methyl sites for hydroxylation is 1. The van der Waals surface area contributed by atoms with Crippen molar-refractivity contribution in [3.63, 3.8) is 0 Å². The molecular formula is C27H29N3O4S. The molecule has 1 atom stereocenters. The maximum atomic E-state index is 13.7. The summed E-state index contributed by atoms with van der Waals surface area (Å²) in [5, 5.41) is 13.3. The van der Waals surface area contributed by atoms with E-state index in [9.17, 15) is 19.7 Å². The summed E-state index contributed by atoms with van der Waals surface area (Å²) in [5.74, 6) is -0.485. The predicted molar refractivity (Wildman–Crippen MR) is 137 cm³/mol. The highest BCUT2D eigenvalue weighted by Gasteiger charge is 2.34. The molecule has 0 fully saturated rings. The maximum Gasteiger partial charge on any atom is 0.270 e. The van der Waals surface area contributed by atoms with Gasteiger partial charge in [0.15, 0.2) is 0 Å². The van der Waals surface area contributed by atoms with Gasteiger partial charge in [0.2, 0.25) is 5.91 Å². The zero-order chi connectivity index (χ0) is 24.9. The Morgan fingerprint density at radius 3 is 2.69 bits per heavy atom. The molecule has 7 nitrogen and oxygen atoms in total. The van der Waals surface area contributed by atoms with E-state index in [1.54, 1.807) is 17.4 Å². The molecule has 2 heterocycles. The number of hydrogen-bond acceptors (Lipinski definition) is 5. The summed E-state index contributed by atoms with van der Waals surface area (Å²) in [6.45, 7) is 5.00. The molecule has 0 radical (unpaired) electrons. The molecular weight excluding hydrogens is 462 g/mol. The largest absolute Gasteiger partial charge is 0.330 e. The SMILES string of the molecule is CCCCN(CC(=O)N1CCc2sccc2C1c1ccccc1C)C(=O)c1cccc([N+](=O)[O-])c1. The summed E-state index contributed by atoms with van der Waals surface area (Å²) < 4.78 is 0. The molecule has 1 aliphatic rings. The first-order valence-corrected chi connectivity index (χ1v) is 12.7. The quantitative estimate of drug-likeness (QED) is 0.313. The van der Waals surface area contributed by atoms with Gasteiger partial charge in [-0.2, -0.15) is 0 Å². The number of unbranched alkanes of at least 4 members (excludes halogenated alkanes) is 1. The molecule has 2 amide bonds. The molecule has 2 aromatic carbocycles. The number of benzene rings is 2. The molecule has 0 bridgehead atoms. The van der Waals surface area contributed by atoms with Crippen LogP contribution in [0.3, 0.4) is 0 Å². The fourth-order valence-electron chi connectivity index (χ4n) is 4.60. The Morgan fingerprint density at radius 2 is 1.94 bits per heavy atom. The third-order valence-electron chi connectivity index (χ3n) is 6.47. The monoisotopic (exact) mass is 491 g/mol. The van der Waals surface area contributed by atoms with Crippen molar-refractivity contribution in [2.75, 3.05) is 19.6 Å². The summed E-state index contributed by atoms with van der Waals surface area (Å²) in [6.07, 6.45) is 2.39. The average Bonchev–Trinajstić information content (AvgIpc) is 3.35. The summed E-state index contributed by atoms with van der Waals surface area (Å²) in [5.41, 5.74) is 3.43. The highest BCUT2D eigenvalue weighted by atomic mass is 32.1. The number of thiophene rings is 1. The van der Waals surface area contributed by atoms with Crippen molar-refractivity contribution in [2.24, 2.45) is 0 Å². The Kier molecular flexibility index (Phi) is 7.60. The van der Waals surface area contributed by atoms with E-state index in [-0.39, 0.29) is 35.7 Å². The van der Waals surface area contributed by atoms with Gasteiger partial charge in [-0.25, -0.2) is 0 Å². The van der Waals surface area contributed by atoms with Crippen molar-refractivity contribution in [1.29, 1.82) is 0 Å². The minimum atomic E-state index is -0.517.